The second kappa shape index (κ2) is 7.62. The first-order valence-electron chi connectivity index (χ1n) is 9.80. The standard InChI is InChI=1S/C20H31N5OS/c1-10(2)13(5)11(3)6-7-14-8-12(4)15(9-14)25-18-16(27-20(25)26)17(21)23-19(22)24-18/h10,12-15H,3,6-9H2,1-2,4-5H3,(H4,21,22,23,24)/t12-,13+,14?,15?/m1/s1. The van der Waals surface area contributed by atoms with E-state index in [1.54, 1.807) is 0 Å². The van der Waals surface area contributed by atoms with Gasteiger partial charge in [-0.25, -0.2) is 0 Å². The number of nitrogens with zero attached hydrogens (tertiary/aromatic N) is 3. The van der Waals surface area contributed by atoms with Crippen LogP contribution in [0.25, 0.3) is 10.3 Å². The summed E-state index contributed by atoms with van der Waals surface area (Å²) in [5.74, 6) is 2.59. The summed E-state index contributed by atoms with van der Waals surface area (Å²) in [4.78, 5) is 21.0. The van der Waals surface area contributed by atoms with Crippen LogP contribution < -0.4 is 16.3 Å². The third kappa shape index (κ3) is 3.88. The number of thiazole rings is 1. The van der Waals surface area contributed by atoms with Gasteiger partial charge in [-0.2, -0.15) is 9.97 Å². The lowest BCUT2D eigenvalue weighted by molar-refractivity contribution is 0.409. The van der Waals surface area contributed by atoms with Gasteiger partial charge in [0.05, 0.1) is 0 Å². The van der Waals surface area contributed by atoms with Crippen LogP contribution in [-0.2, 0) is 0 Å². The zero-order valence-corrected chi connectivity index (χ0v) is 17.6. The molecule has 2 aromatic heterocycles. The van der Waals surface area contributed by atoms with Crippen LogP contribution >= 0.6 is 11.3 Å². The minimum absolute atomic E-state index is 0.0214. The van der Waals surface area contributed by atoms with Crippen LogP contribution in [0.3, 0.4) is 0 Å². The molecule has 0 saturated heterocycles. The maximum absolute atomic E-state index is 12.7. The highest BCUT2D eigenvalue weighted by atomic mass is 32.1. The average Bonchev–Trinajstić information content (AvgIpc) is 3.11. The Morgan fingerprint density at radius 1 is 1.30 bits per heavy atom. The average molecular weight is 390 g/mol. The molecule has 0 amide bonds. The Morgan fingerprint density at radius 2 is 2.00 bits per heavy atom. The van der Waals surface area contributed by atoms with Crippen molar-refractivity contribution < 1.29 is 0 Å². The number of rotatable bonds is 6. The second-order valence-corrected chi connectivity index (χ2v) is 9.43. The molecule has 6 nitrogen and oxygen atoms in total. The first-order chi connectivity index (χ1) is 12.7. The van der Waals surface area contributed by atoms with E-state index in [2.05, 4.69) is 44.2 Å². The van der Waals surface area contributed by atoms with Crippen molar-refractivity contribution in [2.45, 2.75) is 59.4 Å². The van der Waals surface area contributed by atoms with Crippen molar-refractivity contribution in [3.05, 3.63) is 21.8 Å². The molecule has 1 fully saturated rings. The molecular weight excluding hydrogens is 358 g/mol. The molecule has 148 valence electrons. The summed E-state index contributed by atoms with van der Waals surface area (Å²) in [6.45, 7) is 13.3. The maximum atomic E-state index is 12.7. The van der Waals surface area contributed by atoms with Gasteiger partial charge in [0, 0.05) is 6.04 Å². The predicted molar refractivity (Wildman–Crippen MR) is 114 cm³/mol. The van der Waals surface area contributed by atoms with Gasteiger partial charge in [0.1, 0.15) is 10.5 Å². The molecule has 3 rings (SSSR count). The van der Waals surface area contributed by atoms with E-state index < -0.39 is 0 Å². The van der Waals surface area contributed by atoms with Crippen LogP contribution in [0, 0.1) is 23.7 Å². The van der Waals surface area contributed by atoms with Crippen molar-refractivity contribution in [1.29, 1.82) is 0 Å². The molecule has 0 aromatic carbocycles. The molecule has 1 saturated carbocycles. The molecule has 1 aliphatic carbocycles. The molecule has 27 heavy (non-hydrogen) atoms. The molecule has 7 heteroatoms. The van der Waals surface area contributed by atoms with Gasteiger partial charge in [0.2, 0.25) is 5.95 Å². The highest BCUT2D eigenvalue weighted by Gasteiger charge is 2.35. The summed E-state index contributed by atoms with van der Waals surface area (Å²) < 4.78 is 2.45. The molecule has 0 spiro atoms. The van der Waals surface area contributed by atoms with Crippen molar-refractivity contribution >= 4 is 33.5 Å². The molecule has 1 aliphatic rings. The molecule has 0 aliphatic heterocycles. The number of allylic oxidation sites excluding steroid dienone is 1. The molecule has 4 atom stereocenters. The minimum atomic E-state index is -0.0214. The lowest BCUT2D eigenvalue weighted by atomic mass is 9.86. The Bertz CT molecular complexity index is 900. The van der Waals surface area contributed by atoms with Crippen molar-refractivity contribution in [2.24, 2.45) is 23.7 Å². The molecule has 4 N–H and O–H groups in total. The van der Waals surface area contributed by atoms with Gasteiger partial charge >= 0.3 is 4.87 Å². The van der Waals surface area contributed by atoms with Gasteiger partial charge in [-0.15, -0.1) is 0 Å². The number of aromatic nitrogens is 3. The number of nitrogen functional groups attached to an aromatic ring is 2. The van der Waals surface area contributed by atoms with Gasteiger partial charge in [0.15, 0.2) is 5.65 Å². The van der Waals surface area contributed by atoms with E-state index in [0.29, 0.717) is 39.8 Å². The SMILES string of the molecule is C=C(CCC1CC(n2c(=O)sc3c(N)nc(N)nc32)[C@H](C)C1)[C@@H](C)C(C)C. The zero-order chi connectivity index (χ0) is 19.9. The summed E-state index contributed by atoms with van der Waals surface area (Å²) in [6.07, 6.45) is 4.30. The lowest BCUT2D eigenvalue weighted by Crippen LogP contribution is -2.22. The van der Waals surface area contributed by atoms with E-state index in [4.69, 9.17) is 11.5 Å². The van der Waals surface area contributed by atoms with Gasteiger partial charge < -0.3 is 11.5 Å². The quantitative estimate of drug-likeness (QED) is 0.720. The van der Waals surface area contributed by atoms with Crippen LogP contribution in [0.15, 0.2) is 16.9 Å². The van der Waals surface area contributed by atoms with Crippen LogP contribution in [0.4, 0.5) is 11.8 Å². The largest absolute Gasteiger partial charge is 0.382 e. The van der Waals surface area contributed by atoms with Crippen LogP contribution in [0.2, 0.25) is 0 Å². The number of nitrogens with two attached hydrogens (primary N) is 2. The van der Waals surface area contributed by atoms with Gasteiger partial charge in [0.25, 0.3) is 0 Å². The molecule has 0 radical (unpaired) electrons. The Morgan fingerprint density at radius 3 is 2.67 bits per heavy atom. The van der Waals surface area contributed by atoms with Crippen molar-refractivity contribution in [3.8, 4) is 0 Å². The molecular formula is C20H31N5OS. The predicted octanol–water partition coefficient (Wildman–Crippen LogP) is 4.23. The van der Waals surface area contributed by atoms with E-state index in [1.807, 2.05) is 4.57 Å². The summed E-state index contributed by atoms with van der Waals surface area (Å²) in [5.41, 5.74) is 13.7. The fourth-order valence-corrected chi connectivity index (χ4v) is 5.17. The maximum Gasteiger partial charge on any atom is 0.309 e. The smallest absolute Gasteiger partial charge is 0.309 e. The minimum Gasteiger partial charge on any atom is -0.382 e. The number of hydrogen-bond donors (Lipinski definition) is 2. The van der Waals surface area contributed by atoms with E-state index >= 15 is 0 Å². The van der Waals surface area contributed by atoms with E-state index in [1.165, 1.54) is 5.57 Å². The first-order valence-corrected chi connectivity index (χ1v) is 10.6. The van der Waals surface area contributed by atoms with Crippen molar-refractivity contribution in [3.63, 3.8) is 0 Å². The molecule has 2 aromatic rings. The summed E-state index contributed by atoms with van der Waals surface area (Å²) in [7, 11) is 0. The highest BCUT2D eigenvalue weighted by molar-refractivity contribution is 7.17. The van der Waals surface area contributed by atoms with Crippen molar-refractivity contribution in [2.75, 3.05) is 11.5 Å². The van der Waals surface area contributed by atoms with Crippen molar-refractivity contribution in [1.82, 2.24) is 14.5 Å². The third-order valence-corrected chi connectivity index (χ3v) is 7.26. The van der Waals surface area contributed by atoms with Gasteiger partial charge in [-0.05, 0) is 49.4 Å². The van der Waals surface area contributed by atoms with E-state index in [0.717, 1.165) is 37.0 Å². The fourth-order valence-electron chi connectivity index (χ4n) is 4.29. The Labute approximate surface area is 164 Å². The van der Waals surface area contributed by atoms with Crippen LogP contribution in [-0.4, -0.2) is 14.5 Å². The topological polar surface area (TPSA) is 99.8 Å². The van der Waals surface area contributed by atoms with Gasteiger partial charge in [-0.1, -0.05) is 51.2 Å². The summed E-state index contributed by atoms with van der Waals surface area (Å²) in [6, 6.07) is 0.140. The monoisotopic (exact) mass is 389 g/mol. The number of hydrogen-bond acceptors (Lipinski definition) is 6. The van der Waals surface area contributed by atoms with Gasteiger partial charge in [-0.3, -0.25) is 9.36 Å². The normalized spacial score (nSPS) is 24.0. The highest BCUT2D eigenvalue weighted by Crippen LogP contribution is 2.43. The molecule has 2 heterocycles. The van der Waals surface area contributed by atoms with E-state index in [9.17, 15) is 4.79 Å². The van der Waals surface area contributed by atoms with E-state index in [-0.39, 0.29) is 16.9 Å². The summed E-state index contributed by atoms with van der Waals surface area (Å²) in [5, 5.41) is 0. The lowest BCUT2D eigenvalue weighted by Gasteiger charge is -2.20. The summed E-state index contributed by atoms with van der Waals surface area (Å²) >= 11 is 1.12. The fraction of sp³-hybridized carbons (Fsp3) is 0.650. The van der Waals surface area contributed by atoms with Crippen LogP contribution in [0.5, 0.6) is 0 Å². The Balaban J connectivity index is 1.78. The zero-order valence-electron chi connectivity index (χ0n) is 16.7. The first kappa shape index (κ1) is 19.9. The Kier molecular flexibility index (Phi) is 5.60. The molecule has 0 bridgehead atoms. The second-order valence-electron chi connectivity index (χ2n) is 8.47. The number of anilines is 2. The van der Waals surface area contributed by atoms with Crippen LogP contribution in [0.1, 0.15) is 59.4 Å². The Hall–Kier alpha value is -1.89. The number of fused-ring (bicyclic) bond motifs is 1. The molecule has 2 unspecified atom stereocenters. The third-order valence-electron chi connectivity index (χ3n) is 6.29.